The number of hydrogen-bond acceptors (Lipinski definition) is 4. The van der Waals surface area contributed by atoms with Gasteiger partial charge in [-0.15, -0.1) is 0 Å². The predicted molar refractivity (Wildman–Crippen MR) is 122 cm³/mol. The number of para-hydroxylation sites is 1. The molecule has 0 spiro atoms. The third kappa shape index (κ3) is 3.54. The van der Waals surface area contributed by atoms with Crippen molar-refractivity contribution < 1.29 is 4.79 Å². The lowest BCUT2D eigenvalue weighted by atomic mass is 9.95. The molecule has 0 atom stereocenters. The van der Waals surface area contributed by atoms with Crippen LogP contribution in [0, 0.1) is 5.41 Å². The van der Waals surface area contributed by atoms with E-state index >= 15 is 0 Å². The number of aromatic nitrogens is 5. The lowest BCUT2D eigenvalue weighted by Crippen LogP contribution is -2.27. The highest BCUT2D eigenvalue weighted by atomic mass is 16.2. The second-order valence-corrected chi connectivity index (χ2v) is 8.62. The fourth-order valence-electron chi connectivity index (χ4n) is 3.45. The van der Waals surface area contributed by atoms with Gasteiger partial charge in [0.15, 0.2) is 0 Å². The number of pyridine rings is 2. The Morgan fingerprint density at radius 3 is 2.65 bits per heavy atom. The van der Waals surface area contributed by atoms with Crippen molar-refractivity contribution in [1.29, 1.82) is 0 Å². The maximum Gasteiger partial charge on any atom is 0.229 e. The molecule has 0 saturated heterocycles. The number of carbonyl (C=O) groups is 1. The molecule has 5 rings (SSSR count). The Hall–Kier alpha value is -4.00. The van der Waals surface area contributed by atoms with Gasteiger partial charge in [0.1, 0.15) is 5.69 Å². The van der Waals surface area contributed by atoms with Crippen molar-refractivity contribution in [3.05, 3.63) is 61.1 Å². The Morgan fingerprint density at radius 1 is 1.00 bits per heavy atom. The average Bonchev–Trinajstić information content (AvgIpc) is 3.36. The van der Waals surface area contributed by atoms with Crippen LogP contribution in [0.3, 0.4) is 0 Å². The van der Waals surface area contributed by atoms with Gasteiger partial charge in [-0.2, -0.15) is 5.10 Å². The van der Waals surface area contributed by atoms with Crippen LogP contribution >= 0.6 is 0 Å². The predicted octanol–water partition coefficient (Wildman–Crippen LogP) is 5.15. The minimum absolute atomic E-state index is 0.0641. The zero-order valence-corrected chi connectivity index (χ0v) is 17.5. The van der Waals surface area contributed by atoms with Crippen LogP contribution in [0.25, 0.3) is 44.5 Å². The van der Waals surface area contributed by atoms with Crippen molar-refractivity contribution in [2.24, 2.45) is 5.41 Å². The summed E-state index contributed by atoms with van der Waals surface area (Å²) >= 11 is 0. The first kappa shape index (κ1) is 19.0. The van der Waals surface area contributed by atoms with E-state index in [1.165, 1.54) is 0 Å². The molecular formula is C24H22N6O. The topological polar surface area (TPSA) is 99.4 Å². The fraction of sp³-hybridized carbons (Fsp3) is 0.167. The van der Waals surface area contributed by atoms with Gasteiger partial charge in [-0.1, -0.05) is 39.0 Å². The van der Waals surface area contributed by atoms with Crippen molar-refractivity contribution in [2.75, 3.05) is 5.32 Å². The van der Waals surface area contributed by atoms with Crippen LogP contribution in [0.4, 0.5) is 5.69 Å². The third-order valence-corrected chi connectivity index (χ3v) is 5.21. The van der Waals surface area contributed by atoms with E-state index in [1.807, 2.05) is 51.1 Å². The molecule has 0 fully saturated rings. The van der Waals surface area contributed by atoms with Gasteiger partial charge in [0.2, 0.25) is 5.91 Å². The van der Waals surface area contributed by atoms with Crippen molar-refractivity contribution >= 4 is 33.4 Å². The van der Waals surface area contributed by atoms with Gasteiger partial charge in [-0.25, -0.2) is 0 Å². The average molecular weight is 410 g/mol. The number of amides is 1. The molecule has 7 heteroatoms. The standard InChI is InChI=1S/C24H22N6O/c1-24(2,3)23(31)27-16-8-15(11-25-12-16)19-10-17-21(13-26-19)29-30-22(17)20-9-14-6-4-5-7-18(14)28-20/h4-13,28H,1-3H3,(H,27,31)(H,29,30). The van der Waals surface area contributed by atoms with Crippen molar-refractivity contribution in [3.8, 4) is 22.6 Å². The number of aromatic amines is 2. The van der Waals surface area contributed by atoms with E-state index in [0.717, 1.165) is 44.5 Å². The van der Waals surface area contributed by atoms with E-state index in [2.05, 4.69) is 42.6 Å². The highest BCUT2D eigenvalue weighted by Gasteiger charge is 2.21. The van der Waals surface area contributed by atoms with Crippen LogP contribution < -0.4 is 5.32 Å². The summed E-state index contributed by atoms with van der Waals surface area (Å²) in [6.45, 7) is 5.62. The number of anilines is 1. The molecular weight excluding hydrogens is 388 g/mol. The smallest absolute Gasteiger partial charge is 0.229 e. The Labute approximate surface area is 178 Å². The summed E-state index contributed by atoms with van der Waals surface area (Å²) < 4.78 is 0. The largest absolute Gasteiger partial charge is 0.353 e. The second kappa shape index (κ2) is 7.05. The second-order valence-electron chi connectivity index (χ2n) is 8.62. The van der Waals surface area contributed by atoms with E-state index in [0.29, 0.717) is 5.69 Å². The SMILES string of the molecule is CC(C)(C)C(=O)Nc1cncc(-c2cc3c(-c4cc5ccccc5[nH]4)n[nH]c3cn2)c1. The highest BCUT2D eigenvalue weighted by Crippen LogP contribution is 2.31. The number of rotatable bonds is 3. The lowest BCUT2D eigenvalue weighted by molar-refractivity contribution is -0.123. The summed E-state index contributed by atoms with van der Waals surface area (Å²) in [6, 6.07) is 14.1. The van der Waals surface area contributed by atoms with E-state index in [9.17, 15) is 4.79 Å². The fourth-order valence-corrected chi connectivity index (χ4v) is 3.45. The maximum absolute atomic E-state index is 12.3. The first-order valence-electron chi connectivity index (χ1n) is 10.1. The molecule has 0 unspecified atom stereocenters. The summed E-state index contributed by atoms with van der Waals surface area (Å²) in [5, 5.41) is 12.6. The van der Waals surface area contributed by atoms with Crippen LogP contribution in [0.2, 0.25) is 0 Å². The van der Waals surface area contributed by atoms with Crippen molar-refractivity contribution in [1.82, 2.24) is 25.1 Å². The van der Waals surface area contributed by atoms with Crippen LogP contribution in [0.15, 0.2) is 61.1 Å². The summed E-state index contributed by atoms with van der Waals surface area (Å²) in [7, 11) is 0. The number of carbonyl (C=O) groups excluding carboxylic acids is 1. The first-order chi connectivity index (χ1) is 14.9. The monoisotopic (exact) mass is 410 g/mol. The molecule has 5 aromatic rings. The molecule has 0 aliphatic carbocycles. The lowest BCUT2D eigenvalue weighted by Gasteiger charge is -2.17. The van der Waals surface area contributed by atoms with Crippen molar-refractivity contribution in [3.63, 3.8) is 0 Å². The summed E-state index contributed by atoms with van der Waals surface area (Å²) in [5.41, 5.74) is 5.41. The quantitative estimate of drug-likeness (QED) is 0.383. The molecule has 0 radical (unpaired) electrons. The Balaban J connectivity index is 1.54. The molecule has 7 nitrogen and oxygen atoms in total. The molecule has 1 aromatic carbocycles. The number of H-pyrrole nitrogens is 2. The molecule has 154 valence electrons. The molecule has 3 N–H and O–H groups in total. The Bertz CT molecular complexity index is 1390. The van der Waals surface area contributed by atoms with Crippen LogP contribution in [0.5, 0.6) is 0 Å². The van der Waals surface area contributed by atoms with Gasteiger partial charge in [0.05, 0.1) is 35.0 Å². The van der Waals surface area contributed by atoms with E-state index in [4.69, 9.17) is 0 Å². The van der Waals surface area contributed by atoms with E-state index in [-0.39, 0.29) is 5.91 Å². The van der Waals surface area contributed by atoms with Gasteiger partial charge < -0.3 is 10.3 Å². The van der Waals surface area contributed by atoms with Crippen LogP contribution in [-0.4, -0.2) is 31.1 Å². The molecule has 4 aromatic heterocycles. The number of nitrogens with zero attached hydrogens (tertiary/aromatic N) is 3. The molecule has 0 saturated carbocycles. The summed E-state index contributed by atoms with van der Waals surface area (Å²) in [4.78, 5) is 24.6. The van der Waals surface area contributed by atoms with Gasteiger partial charge in [0, 0.05) is 33.5 Å². The molecule has 0 bridgehead atoms. The van der Waals surface area contributed by atoms with Crippen LogP contribution in [-0.2, 0) is 4.79 Å². The third-order valence-electron chi connectivity index (χ3n) is 5.21. The number of benzene rings is 1. The molecule has 1 amide bonds. The molecule has 4 heterocycles. The van der Waals surface area contributed by atoms with Crippen molar-refractivity contribution in [2.45, 2.75) is 20.8 Å². The Kier molecular flexibility index (Phi) is 4.32. The first-order valence-corrected chi connectivity index (χ1v) is 10.1. The Morgan fingerprint density at radius 2 is 1.84 bits per heavy atom. The highest BCUT2D eigenvalue weighted by molar-refractivity contribution is 5.97. The maximum atomic E-state index is 12.3. The van der Waals surface area contributed by atoms with Gasteiger partial charge in [0.25, 0.3) is 0 Å². The van der Waals surface area contributed by atoms with Gasteiger partial charge >= 0.3 is 0 Å². The zero-order valence-electron chi connectivity index (χ0n) is 17.5. The molecule has 0 aliphatic heterocycles. The summed E-state index contributed by atoms with van der Waals surface area (Å²) in [5.74, 6) is -0.0641. The zero-order chi connectivity index (χ0) is 21.6. The van der Waals surface area contributed by atoms with E-state index < -0.39 is 5.41 Å². The number of fused-ring (bicyclic) bond motifs is 2. The normalized spacial score (nSPS) is 11.8. The minimum Gasteiger partial charge on any atom is -0.353 e. The van der Waals surface area contributed by atoms with Gasteiger partial charge in [-0.05, 0) is 24.3 Å². The van der Waals surface area contributed by atoms with Crippen LogP contribution in [0.1, 0.15) is 20.8 Å². The molecule has 31 heavy (non-hydrogen) atoms. The minimum atomic E-state index is -0.488. The van der Waals surface area contributed by atoms with E-state index in [1.54, 1.807) is 18.6 Å². The van der Waals surface area contributed by atoms with Gasteiger partial charge in [-0.3, -0.25) is 19.9 Å². The molecule has 0 aliphatic rings. The number of hydrogen-bond donors (Lipinski definition) is 3. The summed E-state index contributed by atoms with van der Waals surface area (Å²) in [6.07, 6.45) is 5.15. The number of nitrogens with one attached hydrogen (secondary N) is 3.